The number of halogens is 6. The van der Waals surface area contributed by atoms with Crippen molar-refractivity contribution in [3.63, 3.8) is 0 Å². The zero-order valence-electron chi connectivity index (χ0n) is 7.65. The third kappa shape index (κ3) is 2.60. The summed E-state index contributed by atoms with van der Waals surface area (Å²) in [7, 11) is 0. The molecule has 0 spiro atoms. The predicted molar refractivity (Wildman–Crippen MR) is 51.2 cm³/mol. The van der Waals surface area contributed by atoms with Crippen LogP contribution < -0.4 is 5.73 Å². The minimum atomic E-state index is -4.94. The lowest BCUT2D eigenvalue weighted by Gasteiger charge is -2.13. The van der Waals surface area contributed by atoms with E-state index in [0.717, 1.165) is 0 Å². The molecule has 0 aromatic carbocycles. The standard InChI is InChI=1S/C8H6BrF5N2/c9-2-3-1-4(6(10)11)5(8(12,13)14)16-7(3)15/h1,6H,2H2,(H2,15,16). The Morgan fingerprint density at radius 1 is 1.38 bits per heavy atom. The fourth-order valence-corrected chi connectivity index (χ4v) is 1.54. The number of anilines is 1. The van der Waals surface area contributed by atoms with Crippen LogP contribution in [0, 0.1) is 0 Å². The first-order valence-corrected chi connectivity index (χ1v) is 5.10. The lowest BCUT2D eigenvalue weighted by atomic mass is 10.1. The van der Waals surface area contributed by atoms with Crippen LogP contribution in [0.25, 0.3) is 0 Å². The normalized spacial score (nSPS) is 12.2. The fraction of sp³-hybridized carbons (Fsp3) is 0.375. The summed E-state index contributed by atoms with van der Waals surface area (Å²) < 4.78 is 61.9. The first kappa shape index (κ1) is 13.1. The highest BCUT2D eigenvalue weighted by Crippen LogP contribution is 2.36. The maximum absolute atomic E-state index is 12.4. The smallest absolute Gasteiger partial charge is 0.383 e. The van der Waals surface area contributed by atoms with Crippen molar-refractivity contribution in [3.05, 3.63) is 22.9 Å². The molecule has 8 heteroatoms. The fourth-order valence-electron chi connectivity index (χ4n) is 1.09. The predicted octanol–water partition coefficient (Wildman–Crippen LogP) is 3.52. The monoisotopic (exact) mass is 304 g/mol. The molecule has 90 valence electrons. The van der Waals surface area contributed by atoms with E-state index in [0.29, 0.717) is 6.07 Å². The molecule has 1 aromatic rings. The molecule has 0 radical (unpaired) electrons. The van der Waals surface area contributed by atoms with Gasteiger partial charge in [-0.25, -0.2) is 13.8 Å². The van der Waals surface area contributed by atoms with Crippen molar-refractivity contribution in [3.8, 4) is 0 Å². The molecule has 0 fully saturated rings. The molecule has 0 aliphatic carbocycles. The Morgan fingerprint density at radius 3 is 2.31 bits per heavy atom. The lowest BCUT2D eigenvalue weighted by Crippen LogP contribution is -2.15. The Hall–Kier alpha value is -0.920. The Labute approximate surface area is 95.8 Å². The Kier molecular flexibility index (Phi) is 3.72. The number of nitrogens with zero attached hydrogens (tertiary/aromatic N) is 1. The summed E-state index contributed by atoms with van der Waals surface area (Å²) in [4.78, 5) is 2.98. The van der Waals surface area contributed by atoms with E-state index in [1.807, 2.05) is 0 Å². The van der Waals surface area contributed by atoms with Gasteiger partial charge in [-0.1, -0.05) is 15.9 Å². The number of rotatable bonds is 2. The lowest BCUT2D eigenvalue weighted by molar-refractivity contribution is -0.143. The van der Waals surface area contributed by atoms with E-state index < -0.39 is 29.7 Å². The van der Waals surface area contributed by atoms with Crippen LogP contribution in [0.4, 0.5) is 27.8 Å². The van der Waals surface area contributed by atoms with E-state index in [-0.39, 0.29) is 10.9 Å². The molecule has 0 unspecified atom stereocenters. The summed E-state index contributed by atoms with van der Waals surface area (Å²) in [5.74, 6) is -0.409. The number of alkyl halides is 6. The third-order valence-corrected chi connectivity index (χ3v) is 2.42. The molecule has 0 atom stereocenters. The van der Waals surface area contributed by atoms with E-state index in [1.54, 1.807) is 0 Å². The molecule has 0 saturated heterocycles. The van der Waals surface area contributed by atoms with Crippen molar-refractivity contribution < 1.29 is 22.0 Å². The minimum absolute atomic E-state index is 0.0592. The van der Waals surface area contributed by atoms with Gasteiger partial charge in [0.15, 0.2) is 5.69 Å². The molecule has 1 heterocycles. The zero-order chi connectivity index (χ0) is 12.5. The summed E-state index contributed by atoms with van der Waals surface area (Å²) in [5, 5.41) is 0.0592. The first-order valence-electron chi connectivity index (χ1n) is 3.98. The van der Waals surface area contributed by atoms with Crippen LogP contribution in [-0.2, 0) is 11.5 Å². The van der Waals surface area contributed by atoms with Crippen LogP contribution in [0.1, 0.15) is 23.2 Å². The van der Waals surface area contributed by atoms with Crippen LogP contribution in [0.15, 0.2) is 6.07 Å². The highest BCUT2D eigenvalue weighted by molar-refractivity contribution is 9.08. The van der Waals surface area contributed by atoms with Crippen molar-refractivity contribution in [2.45, 2.75) is 17.9 Å². The van der Waals surface area contributed by atoms with E-state index in [4.69, 9.17) is 5.73 Å². The SMILES string of the molecule is Nc1nc(C(F)(F)F)c(C(F)F)cc1CBr. The number of pyridine rings is 1. The van der Waals surface area contributed by atoms with Gasteiger partial charge in [0.2, 0.25) is 0 Å². The Morgan fingerprint density at radius 2 is 1.94 bits per heavy atom. The summed E-state index contributed by atoms with van der Waals surface area (Å²) in [6.45, 7) is 0. The molecule has 1 rings (SSSR count). The molecule has 0 saturated carbocycles. The van der Waals surface area contributed by atoms with E-state index in [9.17, 15) is 22.0 Å². The van der Waals surface area contributed by atoms with Crippen molar-refractivity contribution in [1.29, 1.82) is 0 Å². The Balaban J connectivity index is 3.42. The quantitative estimate of drug-likeness (QED) is 0.671. The average Bonchev–Trinajstić information content (AvgIpc) is 2.15. The van der Waals surface area contributed by atoms with Crippen LogP contribution in [0.2, 0.25) is 0 Å². The van der Waals surface area contributed by atoms with Crippen LogP contribution in [0.3, 0.4) is 0 Å². The number of hydrogen-bond acceptors (Lipinski definition) is 2. The van der Waals surface area contributed by atoms with Gasteiger partial charge >= 0.3 is 6.18 Å². The molecule has 0 aliphatic rings. The molecule has 16 heavy (non-hydrogen) atoms. The largest absolute Gasteiger partial charge is 0.433 e. The molecule has 1 aromatic heterocycles. The second kappa shape index (κ2) is 4.52. The number of nitrogen functional groups attached to an aromatic ring is 1. The van der Waals surface area contributed by atoms with Gasteiger partial charge in [0.25, 0.3) is 6.43 Å². The van der Waals surface area contributed by atoms with Gasteiger partial charge in [-0.3, -0.25) is 0 Å². The summed E-state index contributed by atoms with van der Waals surface area (Å²) in [6.07, 6.45) is -8.19. The highest BCUT2D eigenvalue weighted by atomic mass is 79.9. The van der Waals surface area contributed by atoms with Crippen molar-refractivity contribution >= 4 is 21.7 Å². The van der Waals surface area contributed by atoms with Gasteiger partial charge in [0.05, 0.1) is 0 Å². The molecule has 0 aliphatic heterocycles. The van der Waals surface area contributed by atoms with Crippen LogP contribution >= 0.6 is 15.9 Å². The minimum Gasteiger partial charge on any atom is -0.383 e. The third-order valence-electron chi connectivity index (χ3n) is 1.81. The topological polar surface area (TPSA) is 38.9 Å². The van der Waals surface area contributed by atoms with E-state index >= 15 is 0 Å². The molecular formula is C8H6BrF5N2. The molecule has 2 nitrogen and oxygen atoms in total. The van der Waals surface area contributed by atoms with Gasteiger partial charge in [-0.2, -0.15) is 13.2 Å². The van der Waals surface area contributed by atoms with Crippen LogP contribution in [0.5, 0.6) is 0 Å². The van der Waals surface area contributed by atoms with E-state index in [1.165, 1.54) is 0 Å². The second-order valence-electron chi connectivity index (χ2n) is 2.90. The zero-order valence-corrected chi connectivity index (χ0v) is 9.24. The maximum atomic E-state index is 12.4. The number of hydrogen-bond donors (Lipinski definition) is 1. The van der Waals surface area contributed by atoms with Crippen molar-refractivity contribution in [2.75, 3.05) is 5.73 Å². The van der Waals surface area contributed by atoms with Crippen molar-refractivity contribution in [1.82, 2.24) is 4.98 Å². The summed E-state index contributed by atoms with van der Waals surface area (Å²) in [6, 6.07) is 0.713. The van der Waals surface area contributed by atoms with Gasteiger partial charge in [-0.15, -0.1) is 0 Å². The maximum Gasteiger partial charge on any atom is 0.433 e. The van der Waals surface area contributed by atoms with Crippen molar-refractivity contribution in [2.24, 2.45) is 0 Å². The second-order valence-corrected chi connectivity index (χ2v) is 3.46. The first-order chi connectivity index (χ1) is 7.27. The summed E-state index contributed by atoms with van der Waals surface area (Å²) >= 11 is 2.92. The molecule has 0 bridgehead atoms. The van der Waals surface area contributed by atoms with Gasteiger partial charge in [0.1, 0.15) is 5.82 Å². The van der Waals surface area contributed by atoms with Gasteiger partial charge < -0.3 is 5.73 Å². The average molecular weight is 305 g/mol. The summed E-state index contributed by atoms with van der Waals surface area (Å²) in [5.41, 5.74) is 2.52. The van der Waals surface area contributed by atoms with Crippen LogP contribution in [-0.4, -0.2) is 4.98 Å². The number of nitrogens with two attached hydrogens (primary N) is 1. The molecule has 2 N–H and O–H groups in total. The Bertz CT molecular complexity index is 391. The van der Waals surface area contributed by atoms with E-state index in [2.05, 4.69) is 20.9 Å². The highest BCUT2D eigenvalue weighted by Gasteiger charge is 2.38. The van der Waals surface area contributed by atoms with Gasteiger partial charge in [-0.05, 0) is 6.07 Å². The molecular weight excluding hydrogens is 299 g/mol. The van der Waals surface area contributed by atoms with Gasteiger partial charge in [0, 0.05) is 16.5 Å². The number of aromatic nitrogens is 1. The molecule has 0 amide bonds.